The summed E-state index contributed by atoms with van der Waals surface area (Å²) in [6, 6.07) is 0. The molecule has 0 bridgehead atoms. The summed E-state index contributed by atoms with van der Waals surface area (Å²) in [6.07, 6.45) is 9.30. The molecule has 1 atom stereocenters. The lowest BCUT2D eigenvalue weighted by Gasteiger charge is -2.33. The monoisotopic (exact) mass is 375 g/mol. The molecule has 0 aliphatic carbocycles. The van der Waals surface area contributed by atoms with E-state index >= 15 is 0 Å². The number of rotatable bonds is 6. The first-order chi connectivity index (χ1) is 13.0. The number of carbonyl (C=O) groups is 3. The molecule has 2 aliphatic rings. The smallest absolute Gasteiger partial charge is 0.237 e. The first kappa shape index (κ1) is 19.4. The van der Waals surface area contributed by atoms with Crippen LogP contribution in [0.3, 0.4) is 0 Å². The molecule has 0 radical (unpaired) electrons. The van der Waals surface area contributed by atoms with E-state index < -0.39 is 5.91 Å². The minimum absolute atomic E-state index is 0.0877. The van der Waals surface area contributed by atoms with Gasteiger partial charge in [0.2, 0.25) is 17.7 Å². The molecule has 2 aliphatic heterocycles. The van der Waals surface area contributed by atoms with Crippen molar-refractivity contribution in [1.29, 1.82) is 0 Å². The fourth-order valence-corrected chi connectivity index (χ4v) is 4.06. The van der Waals surface area contributed by atoms with Crippen molar-refractivity contribution in [3.63, 3.8) is 0 Å². The van der Waals surface area contributed by atoms with E-state index in [9.17, 15) is 14.4 Å². The van der Waals surface area contributed by atoms with Crippen molar-refractivity contribution in [2.24, 2.45) is 5.73 Å². The predicted octanol–water partition coefficient (Wildman–Crippen LogP) is 0.867. The van der Waals surface area contributed by atoms with Gasteiger partial charge in [-0.15, -0.1) is 0 Å². The number of hydrogen-bond donors (Lipinski definition) is 1. The Morgan fingerprint density at radius 2 is 2.04 bits per heavy atom. The van der Waals surface area contributed by atoms with Gasteiger partial charge in [-0.2, -0.15) is 0 Å². The van der Waals surface area contributed by atoms with E-state index in [-0.39, 0.29) is 24.3 Å². The zero-order valence-electron chi connectivity index (χ0n) is 15.8. The zero-order chi connectivity index (χ0) is 19.2. The summed E-state index contributed by atoms with van der Waals surface area (Å²) in [5, 5.41) is 0. The van der Waals surface area contributed by atoms with Crippen LogP contribution < -0.4 is 5.73 Å². The van der Waals surface area contributed by atoms with Crippen LogP contribution in [0.25, 0.3) is 0 Å². The molecule has 3 amide bonds. The third kappa shape index (κ3) is 5.08. The van der Waals surface area contributed by atoms with Gasteiger partial charge in [0.1, 0.15) is 12.4 Å². The van der Waals surface area contributed by atoms with E-state index in [4.69, 9.17) is 5.73 Å². The molecule has 8 heteroatoms. The number of amides is 3. The summed E-state index contributed by atoms with van der Waals surface area (Å²) < 4.78 is 1.77. The Kier molecular flexibility index (Phi) is 6.47. The Morgan fingerprint density at radius 1 is 1.19 bits per heavy atom. The average Bonchev–Trinajstić information content (AvgIpc) is 3.00. The van der Waals surface area contributed by atoms with Crippen LogP contribution in [0.4, 0.5) is 0 Å². The molecule has 1 unspecified atom stereocenters. The van der Waals surface area contributed by atoms with Crippen LogP contribution >= 0.6 is 0 Å². The standard InChI is InChI=1S/C19H29N5O3/c20-16(25)14-24-12-8-21-19(24)15-5-4-10-23(13-15)18(27)7-11-22-9-3-1-2-6-17(22)26/h8,12,15H,1-7,9-11,13-14H2,(H2,20,25). The van der Waals surface area contributed by atoms with Crippen molar-refractivity contribution < 1.29 is 14.4 Å². The van der Waals surface area contributed by atoms with Crippen LogP contribution in [0.5, 0.6) is 0 Å². The average molecular weight is 375 g/mol. The summed E-state index contributed by atoms with van der Waals surface area (Å²) in [6.45, 7) is 2.72. The molecular formula is C19H29N5O3. The Morgan fingerprint density at radius 3 is 2.85 bits per heavy atom. The van der Waals surface area contributed by atoms with Gasteiger partial charge in [-0.25, -0.2) is 4.98 Å². The first-order valence-electron chi connectivity index (χ1n) is 9.89. The lowest BCUT2D eigenvalue weighted by Crippen LogP contribution is -2.42. The van der Waals surface area contributed by atoms with Gasteiger partial charge in [0.25, 0.3) is 0 Å². The van der Waals surface area contributed by atoms with E-state index in [1.54, 1.807) is 17.0 Å². The number of hydrogen-bond acceptors (Lipinski definition) is 4. The van der Waals surface area contributed by atoms with Gasteiger partial charge in [-0.3, -0.25) is 14.4 Å². The second-order valence-electron chi connectivity index (χ2n) is 7.50. The van der Waals surface area contributed by atoms with Gasteiger partial charge >= 0.3 is 0 Å². The van der Waals surface area contributed by atoms with Crippen molar-refractivity contribution in [2.45, 2.75) is 57.4 Å². The van der Waals surface area contributed by atoms with Crippen molar-refractivity contribution in [1.82, 2.24) is 19.4 Å². The van der Waals surface area contributed by atoms with Crippen LogP contribution in [0.2, 0.25) is 0 Å². The van der Waals surface area contributed by atoms with Crippen molar-refractivity contribution in [3.8, 4) is 0 Å². The molecule has 2 fully saturated rings. The summed E-state index contributed by atoms with van der Waals surface area (Å²) in [4.78, 5) is 44.1. The van der Waals surface area contributed by atoms with Gasteiger partial charge in [0.05, 0.1) is 0 Å². The normalized spacial score (nSPS) is 21.2. The highest BCUT2D eigenvalue weighted by Gasteiger charge is 2.28. The van der Waals surface area contributed by atoms with Crippen LogP contribution in [0, 0.1) is 0 Å². The van der Waals surface area contributed by atoms with Crippen LogP contribution in [-0.4, -0.2) is 63.3 Å². The molecule has 0 saturated carbocycles. The predicted molar refractivity (Wildman–Crippen MR) is 99.6 cm³/mol. The van der Waals surface area contributed by atoms with Crippen LogP contribution in [0.15, 0.2) is 12.4 Å². The van der Waals surface area contributed by atoms with E-state index in [1.807, 2.05) is 9.80 Å². The number of likely N-dealkylation sites (tertiary alicyclic amines) is 2. The second kappa shape index (κ2) is 9.01. The Labute approximate surface area is 159 Å². The van der Waals surface area contributed by atoms with Gasteiger partial charge in [0, 0.05) is 57.3 Å². The molecule has 0 aromatic carbocycles. The molecule has 2 saturated heterocycles. The lowest BCUT2D eigenvalue weighted by molar-refractivity contribution is -0.135. The molecule has 3 rings (SSSR count). The number of imidazole rings is 1. The van der Waals surface area contributed by atoms with Crippen LogP contribution in [0.1, 0.15) is 56.7 Å². The molecule has 1 aromatic rings. The number of piperidine rings is 1. The third-order valence-electron chi connectivity index (χ3n) is 5.48. The molecular weight excluding hydrogens is 346 g/mol. The van der Waals surface area contributed by atoms with Gasteiger partial charge in [-0.05, 0) is 25.7 Å². The fourth-order valence-electron chi connectivity index (χ4n) is 4.06. The highest BCUT2D eigenvalue weighted by molar-refractivity contribution is 5.79. The van der Waals surface area contributed by atoms with Crippen molar-refractivity contribution >= 4 is 17.7 Å². The Hall–Kier alpha value is -2.38. The fraction of sp³-hybridized carbons (Fsp3) is 0.684. The second-order valence-corrected chi connectivity index (χ2v) is 7.50. The summed E-state index contributed by atoms with van der Waals surface area (Å²) in [7, 11) is 0. The van der Waals surface area contributed by atoms with E-state index in [0.29, 0.717) is 25.9 Å². The quantitative estimate of drug-likeness (QED) is 0.797. The highest BCUT2D eigenvalue weighted by atomic mass is 16.2. The number of aromatic nitrogens is 2. The Balaban J connectivity index is 1.56. The minimum Gasteiger partial charge on any atom is -0.368 e. The maximum absolute atomic E-state index is 12.7. The molecule has 1 aromatic heterocycles. The number of nitrogens with zero attached hydrogens (tertiary/aromatic N) is 4. The number of carbonyl (C=O) groups excluding carboxylic acids is 3. The maximum atomic E-state index is 12.7. The van der Waals surface area contributed by atoms with E-state index in [0.717, 1.165) is 51.0 Å². The Bertz CT molecular complexity index is 687. The maximum Gasteiger partial charge on any atom is 0.237 e. The number of primary amides is 1. The molecule has 0 spiro atoms. The summed E-state index contributed by atoms with van der Waals surface area (Å²) >= 11 is 0. The summed E-state index contributed by atoms with van der Waals surface area (Å²) in [5.41, 5.74) is 5.31. The van der Waals surface area contributed by atoms with Crippen molar-refractivity contribution in [2.75, 3.05) is 26.2 Å². The van der Waals surface area contributed by atoms with Gasteiger partial charge < -0.3 is 20.1 Å². The molecule has 27 heavy (non-hydrogen) atoms. The SMILES string of the molecule is NC(=O)Cn1ccnc1C1CCCN(C(=O)CCN2CCCCCC2=O)C1. The van der Waals surface area contributed by atoms with E-state index in [2.05, 4.69) is 4.98 Å². The first-order valence-corrected chi connectivity index (χ1v) is 9.89. The van der Waals surface area contributed by atoms with E-state index in [1.165, 1.54) is 0 Å². The zero-order valence-corrected chi connectivity index (χ0v) is 15.8. The third-order valence-corrected chi connectivity index (χ3v) is 5.48. The highest BCUT2D eigenvalue weighted by Crippen LogP contribution is 2.26. The lowest BCUT2D eigenvalue weighted by atomic mass is 9.96. The largest absolute Gasteiger partial charge is 0.368 e. The molecule has 8 nitrogen and oxygen atoms in total. The minimum atomic E-state index is -0.403. The molecule has 3 heterocycles. The van der Waals surface area contributed by atoms with Crippen LogP contribution in [-0.2, 0) is 20.9 Å². The van der Waals surface area contributed by atoms with Crippen molar-refractivity contribution in [3.05, 3.63) is 18.2 Å². The number of nitrogens with two attached hydrogens (primary N) is 1. The topological polar surface area (TPSA) is 102 Å². The molecule has 2 N–H and O–H groups in total. The van der Waals surface area contributed by atoms with Gasteiger partial charge in [0.15, 0.2) is 0 Å². The summed E-state index contributed by atoms with van der Waals surface area (Å²) in [5.74, 6) is 0.779. The van der Waals surface area contributed by atoms with Gasteiger partial charge in [-0.1, -0.05) is 6.42 Å². The molecule has 148 valence electrons.